The van der Waals surface area contributed by atoms with E-state index in [1.54, 1.807) is 21.8 Å². The fourth-order valence-corrected chi connectivity index (χ4v) is 2.60. The zero-order valence-electron chi connectivity index (χ0n) is 12.8. The Hall–Kier alpha value is -1.85. The van der Waals surface area contributed by atoms with Crippen LogP contribution in [0.4, 0.5) is 0 Å². The Morgan fingerprint density at radius 2 is 2.18 bits per heavy atom. The average molecular weight is 322 g/mol. The standard InChI is InChI=1S/C16H20ClN3O2/c1-3-15-14(16(22)19(4-2)8-9-21)11-18-20(15)13-7-5-6-12(17)10-13/h5-7,10-11,21H,3-4,8-9H2,1-2H3. The number of halogens is 1. The number of carbonyl (C=O) groups is 1. The van der Waals surface area contributed by atoms with E-state index in [2.05, 4.69) is 5.10 Å². The molecule has 22 heavy (non-hydrogen) atoms. The number of hydrogen-bond acceptors (Lipinski definition) is 3. The smallest absolute Gasteiger partial charge is 0.257 e. The van der Waals surface area contributed by atoms with Crippen molar-refractivity contribution in [2.45, 2.75) is 20.3 Å². The number of aliphatic hydroxyl groups excluding tert-OH is 1. The molecule has 0 spiro atoms. The highest BCUT2D eigenvalue weighted by Crippen LogP contribution is 2.20. The van der Waals surface area contributed by atoms with Crippen molar-refractivity contribution in [1.82, 2.24) is 14.7 Å². The lowest BCUT2D eigenvalue weighted by Gasteiger charge is -2.19. The van der Waals surface area contributed by atoms with Gasteiger partial charge in [0.2, 0.25) is 0 Å². The minimum atomic E-state index is -0.110. The third kappa shape index (κ3) is 3.31. The van der Waals surface area contributed by atoms with Gasteiger partial charge in [-0.25, -0.2) is 4.68 Å². The maximum Gasteiger partial charge on any atom is 0.257 e. The van der Waals surface area contributed by atoms with Gasteiger partial charge in [-0.1, -0.05) is 24.6 Å². The van der Waals surface area contributed by atoms with Crippen molar-refractivity contribution < 1.29 is 9.90 Å². The first kappa shape index (κ1) is 16.5. The fourth-order valence-electron chi connectivity index (χ4n) is 2.42. The fraction of sp³-hybridized carbons (Fsp3) is 0.375. The third-order valence-corrected chi connectivity index (χ3v) is 3.76. The van der Waals surface area contributed by atoms with Crippen LogP contribution in [0.2, 0.25) is 5.02 Å². The molecule has 2 rings (SSSR count). The molecule has 118 valence electrons. The third-order valence-electron chi connectivity index (χ3n) is 3.53. The van der Waals surface area contributed by atoms with Gasteiger partial charge in [-0.05, 0) is 31.5 Å². The van der Waals surface area contributed by atoms with Crippen molar-refractivity contribution >= 4 is 17.5 Å². The summed E-state index contributed by atoms with van der Waals surface area (Å²) < 4.78 is 1.74. The van der Waals surface area contributed by atoms with Crippen molar-refractivity contribution in [2.75, 3.05) is 19.7 Å². The van der Waals surface area contributed by atoms with Gasteiger partial charge in [0.05, 0.1) is 29.7 Å². The van der Waals surface area contributed by atoms with Gasteiger partial charge in [-0.15, -0.1) is 0 Å². The molecule has 0 radical (unpaired) electrons. The van der Waals surface area contributed by atoms with Crippen LogP contribution in [0, 0.1) is 0 Å². The molecule has 1 N–H and O–H groups in total. The molecule has 0 atom stereocenters. The largest absolute Gasteiger partial charge is 0.395 e. The lowest BCUT2D eigenvalue weighted by atomic mass is 10.1. The number of benzene rings is 1. The highest BCUT2D eigenvalue weighted by molar-refractivity contribution is 6.30. The summed E-state index contributed by atoms with van der Waals surface area (Å²) in [6.07, 6.45) is 2.26. The Bertz CT molecular complexity index is 655. The summed E-state index contributed by atoms with van der Waals surface area (Å²) in [6.45, 7) is 4.69. The number of nitrogens with zero attached hydrogens (tertiary/aromatic N) is 3. The Balaban J connectivity index is 2.41. The van der Waals surface area contributed by atoms with E-state index in [1.165, 1.54) is 0 Å². The van der Waals surface area contributed by atoms with Crippen molar-refractivity contribution in [1.29, 1.82) is 0 Å². The first-order valence-electron chi connectivity index (χ1n) is 7.35. The summed E-state index contributed by atoms with van der Waals surface area (Å²) in [7, 11) is 0. The highest BCUT2D eigenvalue weighted by Gasteiger charge is 2.21. The van der Waals surface area contributed by atoms with Gasteiger partial charge in [0.25, 0.3) is 5.91 Å². The van der Waals surface area contributed by atoms with E-state index in [0.29, 0.717) is 30.1 Å². The first-order chi connectivity index (χ1) is 10.6. The topological polar surface area (TPSA) is 58.4 Å². The Labute approximate surface area is 135 Å². The van der Waals surface area contributed by atoms with Crippen LogP contribution >= 0.6 is 11.6 Å². The normalized spacial score (nSPS) is 10.7. The number of amides is 1. The van der Waals surface area contributed by atoms with Crippen LogP contribution in [0.1, 0.15) is 29.9 Å². The van der Waals surface area contributed by atoms with Crippen molar-refractivity contribution in [3.8, 4) is 5.69 Å². The molecule has 5 nitrogen and oxygen atoms in total. The Morgan fingerprint density at radius 3 is 2.77 bits per heavy atom. The molecule has 0 unspecified atom stereocenters. The molecule has 0 aliphatic heterocycles. The highest BCUT2D eigenvalue weighted by atomic mass is 35.5. The average Bonchev–Trinajstić information content (AvgIpc) is 2.95. The zero-order chi connectivity index (χ0) is 16.1. The second-order valence-electron chi connectivity index (χ2n) is 4.86. The quantitative estimate of drug-likeness (QED) is 0.889. The summed E-state index contributed by atoms with van der Waals surface area (Å²) in [5, 5.41) is 14.0. The summed E-state index contributed by atoms with van der Waals surface area (Å²) in [5.74, 6) is -0.110. The first-order valence-corrected chi connectivity index (χ1v) is 7.73. The second-order valence-corrected chi connectivity index (χ2v) is 5.30. The van der Waals surface area contributed by atoms with Crippen LogP contribution in [0.25, 0.3) is 5.69 Å². The van der Waals surface area contributed by atoms with Crippen LogP contribution in [0.15, 0.2) is 30.5 Å². The van der Waals surface area contributed by atoms with Gasteiger partial charge in [0.1, 0.15) is 0 Å². The van der Waals surface area contributed by atoms with Gasteiger partial charge in [0.15, 0.2) is 0 Å². The van der Waals surface area contributed by atoms with Gasteiger partial charge >= 0.3 is 0 Å². The number of likely N-dealkylation sites (N-methyl/N-ethyl adjacent to an activating group) is 1. The van der Waals surface area contributed by atoms with Crippen molar-refractivity contribution in [3.63, 3.8) is 0 Å². The van der Waals surface area contributed by atoms with E-state index < -0.39 is 0 Å². The molecule has 1 heterocycles. The van der Waals surface area contributed by atoms with E-state index in [1.807, 2.05) is 32.0 Å². The zero-order valence-corrected chi connectivity index (χ0v) is 13.5. The molecule has 6 heteroatoms. The van der Waals surface area contributed by atoms with Crippen LogP contribution in [0.3, 0.4) is 0 Å². The molecule has 1 aromatic carbocycles. The number of carbonyl (C=O) groups excluding carboxylic acids is 1. The number of hydrogen-bond donors (Lipinski definition) is 1. The summed E-state index contributed by atoms with van der Waals surface area (Å²) >= 11 is 6.03. The molecular formula is C16H20ClN3O2. The van der Waals surface area contributed by atoms with Crippen LogP contribution in [-0.4, -0.2) is 45.4 Å². The molecule has 0 bridgehead atoms. The summed E-state index contributed by atoms with van der Waals surface area (Å²) in [5.41, 5.74) is 2.23. The lowest BCUT2D eigenvalue weighted by Crippen LogP contribution is -2.33. The van der Waals surface area contributed by atoms with Gasteiger partial charge < -0.3 is 10.0 Å². The minimum absolute atomic E-state index is 0.0521. The van der Waals surface area contributed by atoms with Crippen molar-refractivity contribution in [2.24, 2.45) is 0 Å². The number of aromatic nitrogens is 2. The van der Waals surface area contributed by atoms with Gasteiger partial charge in [-0.2, -0.15) is 5.10 Å². The molecular weight excluding hydrogens is 302 g/mol. The van der Waals surface area contributed by atoms with Crippen molar-refractivity contribution in [3.05, 3.63) is 46.7 Å². The number of aliphatic hydroxyl groups is 1. The van der Waals surface area contributed by atoms with E-state index in [4.69, 9.17) is 16.7 Å². The molecule has 0 saturated carbocycles. The molecule has 1 aromatic heterocycles. The summed E-state index contributed by atoms with van der Waals surface area (Å²) in [6, 6.07) is 7.36. The summed E-state index contributed by atoms with van der Waals surface area (Å²) in [4.78, 5) is 14.2. The van der Waals surface area contributed by atoms with Gasteiger partial charge in [-0.3, -0.25) is 4.79 Å². The molecule has 1 amide bonds. The van der Waals surface area contributed by atoms with E-state index in [0.717, 1.165) is 11.4 Å². The lowest BCUT2D eigenvalue weighted by molar-refractivity contribution is 0.0731. The molecule has 0 saturated heterocycles. The molecule has 0 fully saturated rings. The van der Waals surface area contributed by atoms with Crippen LogP contribution in [0.5, 0.6) is 0 Å². The predicted octanol–water partition coefficient (Wildman–Crippen LogP) is 2.54. The van der Waals surface area contributed by atoms with Crippen LogP contribution < -0.4 is 0 Å². The molecule has 0 aliphatic carbocycles. The second kappa shape index (κ2) is 7.42. The van der Waals surface area contributed by atoms with E-state index in [9.17, 15) is 4.79 Å². The maximum absolute atomic E-state index is 12.6. The van der Waals surface area contributed by atoms with Gasteiger partial charge in [0, 0.05) is 18.1 Å². The monoisotopic (exact) mass is 321 g/mol. The SMILES string of the molecule is CCc1c(C(=O)N(CC)CCO)cnn1-c1cccc(Cl)c1. The van der Waals surface area contributed by atoms with E-state index >= 15 is 0 Å². The molecule has 2 aromatic rings. The number of rotatable bonds is 6. The Kier molecular flexibility index (Phi) is 5.57. The van der Waals surface area contributed by atoms with Crippen LogP contribution in [-0.2, 0) is 6.42 Å². The maximum atomic E-state index is 12.6. The molecule has 0 aliphatic rings. The predicted molar refractivity (Wildman–Crippen MR) is 86.6 cm³/mol. The Morgan fingerprint density at radius 1 is 1.41 bits per heavy atom. The van der Waals surface area contributed by atoms with E-state index in [-0.39, 0.29) is 12.5 Å². The minimum Gasteiger partial charge on any atom is -0.395 e.